The van der Waals surface area contributed by atoms with Gasteiger partial charge in [-0.15, -0.1) is 0 Å². The maximum Gasteiger partial charge on any atom is 0.348 e. The minimum absolute atomic E-state index is 0.212. The van der Waals surface area contributed by atoms with Gasteiger partial charge < -0.3 is 18.9 Å². The Bertz CT molecular complexity index is 1080. The van der Waals surface area contributed by atoms with Gasteiger partial charge in [-0.25, -0.2) is 9.78 Å². The van der Waals surface area contributed by atoms with E-state index in [9.17, 15) is 9.59 Å². The van der Waals surface area contributed by atoms with E-state index in [4.69, 9.17) is 18.9 Å². The molecule has 2 heterocycles. The molecule has 0 amide bonds. The van der Waals surface area contributed by atoms with Gasteiger partial charge in [-0.2, -0.15) is 0 Å². The third kappa shape index (κ3) is 3.49. The number of hydrogen-bond donors (Lipinski definition) is 0. The molecule has 3 atom stereocenters. The SMILES string of the molecule is COc1ccc(C)cc1C1(C(=O)O[C@H]2C(=O)OCC2(C)C)CC1c1ccc(C)nc1OC. The highest BCUT2D eigenvalue weighted by Gasteiger charge is 2.66. The van der Waals surface area contributed by atoms with Crippen molar-refractivity contribution in [1.29, 1.82) is 0 Å². The van der Waals surface area contributed by atoms with E-state index in [1.54, 1.807) is 14.2 Å². The van der Waals surface area contributed by atoms with Crippen molar-refractivity contribution in [3.8, 4) is 11.6 Å². The molecule has 32 heavy (non-hydrogen) atoms. The second kappa shape index (κ2) is 7.80. The lowest BCUT2D eigenvalue weighted by molar-refractivity contribution is -0.165. The summed E-state index contributed by atoms with van der Waals surface area (Å²) < 4.78 is 22.2. The highest BCUT2D eigenvalue weighted by Crippen LogP contribution is 2.64. The van der Waals surface area contributed by atoms with E-state index in [1.165, 1.54) is 0 Å². The van der Waals surface area contributed by atoms with Crippen molar-refractivity contribution < 1.29 is 28.5 Å². The lowest BCUT2D eigenvalue weighted by atomic mass is 9.87. The van der Waals surface area contributed by atoms with Crippen molar-refractivity contribution in [2.24, 2.45) is 5.41 Å². The third-order valence-corrected chi connectivity index (χ3v) is 6.49. The first kappa shape index (κ1) is 22.1. The number of hydrogen-bond acceptors (Lipinski definition) is 7. The second-order valence-corrected chi connectivity index (χ2v) is 9.36. The Hall–Kier alpha value is -3.09. The topological polar surface area (TPSA) is 84.0 Å². The molecule has 0 spiro atoms. The Morgan fingerprint density at radius 2 is 1.88 bits per heavy atom. The van der Waals surface area contributed by atoms with Crippen LogP contribution < -0.4 is 9.47 Å². The van der Waals surface area contributed by atoms with Crippen molar-refractivity contribution in [1.82, 2.24) is 4.98 Å². The molecule has 2 fully saturated rings. The molecule has 2 aliphatic rings. The van der Waals surface area contributed by atoms with E-state index in [-0.39, 0.29) is 12.5 Å². The standard InChI is InChI=1S/C25H29NO6/c1-14-7-10-19(29-5)17(11-14)25(23(28)32-20-22(27)31-13-24(20,3)4)12-18(25)16-9-8-15(2)26-21(16)30-6/h7-11,18,20H,12-13H2,1-6H3/t18?,20-,25?/m0/s1. The van der Waals surface area contributed by atoms with Crippen LogP contribution in [0.3, 0.4) is 0 Å². The lowest BCUT2D eigenvalue weighted by Gasteiger charge is -2.26. The highest BCUT2D eigenvalue weighted by atomic mass is 16.6. The second-order valence-electron chi connectivity index (χ2n) is 9.36. The largest absolute Gasteiger partial charge is 0.496 e. The summed E-state index contributed by atoms with van der Waals surface area (Å²) in [6, 6.07) is 9.58. The van der Waals surface area contributed by atoms with Crippen molar-refractivity contribution in [3.05, 3.63) is 52.7 Å². The van der Waals surface area contributed by atoms with Crippen LogP contribution in [0.4, 0.5) is 0 Å². The minimum atomic E-state index is -1.01. The van der Waals surface area contributed by atoms with Crippen LogP contribution in [0, 0.1) is 19.3 Å². The summed E-state index contributed by atoms with van der Waals surface area (Å²) in [5.74, 6) is -0.124. The van der Waals surface area contributed by atoms with Crippen LogP contribution in [0.1, 0.15) is 48.6 Å². The number of aromatic nitrogens is 1. The van der Waals surface area contributed by atoms with Gasteiger partial charge in [0.25, 0.3) is 0 Å². The molecule has 0 N–H and O–H groups in total. The van der Waals surface area contributed by atoms with Gasteiger partial charge in [0.2, 0.25) is 12.0 Å². The molecular weight excluding hydrogens is 410 g/mol. The Morgan fingerprint density at radius 3 is 2.50 bits per heavy atom. The van der Waals surface area contributed by atoms with Crippen LogP contribution in [0.5, 0.6) is 11.6 Å². The van der Waals surface area contributed by atoms with E-state index in [0.29, 0.717) is 18.1 Å². The van der Waals surface area contributed by atoms with Crippen LogP contribution in [0.15, 0.2) is 30.3 Å². The van der Waals surface area contributed by atoms with Gasteiger partial charge in [0.1, 0.15) is 17.8 Å². The fourth-order valence-electron chi connectivity index (χ4n) is 4.56. The Morgan fingerprint density at radius 1 is 1.12 bits per heavy atom. The number of carbonyl (C=O) groups is 2. The van der Waals surface area contributed by atoms with Crippen LogP contribution in [0.25, 0.3) is 0 Å². The van der Waals surface area contributed by atoms with Gasteiger partial charge in [-0.05, 0) is 32.4 Å². The number of rotatable bonds is 6. The first-order valence-electron chi connectivity index (χ1n) is 10.7. The number of pyridine rings is 1. The highest BCUT2D eigenvalue weighted by molar-refractivity contribution is 5.93. The quantitative estimate of drug-likeness (QED) is 0.636. The molecule has 2 aromatic rings. The number of cyclic esters (lactones) is 1. The van der Waals surface area contributed by atoms with Crippen LogP contribution in [-0.2, 0) is 24.5 Å². The van der Waals surface area contributed by atoms with Gasteiger partial charge in [0.05, 0.1) is 14.2 Å². The van der Waals surface area contributed by atoms with Gasteiger partial charge in [-0.3, -0.25) is 4.79 Å². The van der Waals surface area contributed by atoms with E-state index in [2.05, 4.69) is 4.98 Å². The van der Waals surface area contributed by atoms with Gasteiger partial charge in [0, 0.05) is 28.2 Å². The first-order valence-corrected chi connectivity index (χ1v) is 10.7. The first-order chi connectivity index (χ1) is 15.1. The number of aryl methyl sites for hydroxylation is 2. The molecule has 7 nitrogen and oxygen atoms in total. The van der Waals surface area contributed by atoms with Crippen molar-refractivity contribution >= 4 is 11.9 Å². The zero-order chi connectivity index (χ0) is 23.3. The fraction of sp³-hybridized carbons (Fsp3) is 0.480. The summed E-state index contributed by atoms with van der Waals surface area (Å²) >= 11 is 0. The molecule has 2 unspecified atom stereocenters. The Balaban J connectivity index is 1.80. The number of carbonyl (C=O) groups excluding carboxylic acids is 2. The van der Waals surface area contributed by atoms with Crippen LogP contribution >= 0.6 is 0 Å². The average Bonchev–Trinajstić information content (AvgIpc) is 3.46. The van der Waals surface area contributed by atoms with E-state index in [0.717, 1.165) is 22.4 Å². The fourth-order valence-corrected chi connectivity index (χ4v) is 4.56. The molecule has 1 saturated heterocycles. The Kier molecular flexibility index (Phi) is 5.39. The van der Waals surface area contributed by atoms with Gasteiger partial charge >= 0.3 is 11.9 Å². The maximum absolute atomic E-state index is 13.8. The van der Waals surface area contributed by atoms with Gasteiger partial charge in [-0.1, -0.05) is 37.6 Å². The molecule has 170 valence electrons. The van der Waals surface area contributed by atoms with E-state index >= 15 is 0 Å². The third-order valence-electron chi connectivity index (χ3n) is 6.49. The molecule has 0 radical (unpaired) electrons. The smallest absolute Gasteiger partial charge is 0.348 e. The molecule has 1 aliphatic carbocycles. The summed E-state index contributed by atoms with van der Waals surface area (Å²) in [6.07, 6.45) is -0.462. The number of methoxy groups -OCH3 is 2. The number of nitrogens with zero attached hydrogens (tertiary/aromatic N) is 1. The number of benzene rings is 1. The van der Waals surface area contributed by atoms with Crippen molar-refractivity contribution in [3.63, 3.8) is 0 Å². The predicted octanol–water partition coefficient (Wildman–Crippen LogP) is 3.64. The van der Waals surface area contributed by atoms with Gasteiger partial charge in [0.15, 0.2) is 0 Å². The number of ether oxygens (including phenoxy) is 4. The summed E-state index contributed by atoms with van der Waals surface area (Å²) in [4.78, 5) is 30.6. The Labute approximate surface area is 188 Å². The maximum atomic E-state index is 13.8. The molecule has 7 heteroatoms. The summed E-state index contributed by atoms with van der Waals surface area (Å²) in [6.45, 7) is 7.77. The van der Waals surface area contributed by atoms with Crippen LogP contribution in [0.2, 0.25) is 0 Å². The lowest BCUT2D eigenvalue weighted by Crippen LogP contribution is -2.39. The monoisotopic (exact) mass is 439 g/mol. The predicted molar refractivity (Wildman–Crippen MR) is 117 cm³/mol. The van der Waals surface area contributed by atoms with E-state index < -0.39 is 28.9 Å². The van der Waals surface area contributed by atoms with E-state index in [1.807, 2.05) is 58.0 Å². The molecule has 1 aromatic carbocycles. The van der Waals surface area contributed by atoms with Crippen LogP contribution in [-0.4, -0.2) is 43.9 Å². The summed E-state index contributed by atoms with van der Waals surface area (Å²) in [5.41, 5.74) is 1.77. The normalized spacial score (nSPS) is 25.8. The molecule has 1 aliphatic heterocycles. The minimum Gasteiger partial charge on any atom is -0.496 e. The molecule has 0 bridgehead atoms. The molecule has 1 aromatic heterocycles. The zero-order valence-electron chi connectivity index (χ0n) is 19.4. The van der Waals surface area contributed by atoms with Crippen molar-refractivity contribution in [2.75, 3.05) is 20.8 Å². The summed E-state index contributed by atoms with van der Waals surface area (Å²) in [5, 5.41) is 0. The molecular formula is C25H29NO6. The zero-order valence-corrected chi connectivity index (χ0v) is 19.4. The molecule has 1 saturated carbocycles. The summed E-state index contributed by atoms with van der Waals surface area (Å²) in [7, 11) is 3.15. The van der Waals surface area contributed by atoms with Crippen molar-refractivity contribution in [2.45, 2.75) is 51.6 Å². The average molecular weight is 440 g/mol. The molecule has 4 rings (SSSR count). The number of esters is 2.